The molecule has 0 aromatic carbocycles. The molecule has 2 rings (SSSR count). The van der Waals surface area contributed by atoms with E-state index in [1.807, 2.05) is 0 Å². The Kier molecular flexibility index (Phi) is 4.58. The minimum Gasteiger partial charge on any atom is -0.378 e. The van der Waals surface area contributed by atoms with E-state index < -0.39 is 10.0 Å². The molecule has 0 aromatic heterocycles. The summed E-state index contributed by atoms with van der Waals surface area (Å²) < 4.78 is 29.8. The second kappa shape index (κ2) is 5.99. The second-order valence-electron chi connectivity index (χ2n) is 4.76. The number of carbonyl (C=O) groups excluding carboxylic acids is 1. The number of amides is 1. The summed E-state index contributed by atoms with van der Waals surface area (Å²) >= 11 is 0. The van der Waals surface area contributed by atoms with Gasteiger partial charge in [-0.15, -0.1) is 0 Å². The number of nitrogens with one attached hydrogen (secondary N) is 1. The first-order valence-corrected chi connectivity index (χ1v) is 8.05. The van der Waals surface area contributed by atoms with E-state index in [2.05, 4.69) is 5.32 Å². The summed E-state index contributed by atoms with van der Waals surface area (Å²) in [5.74, 6) is 0.176. The maximum atomic E-state index is 11.6. The third kappa shape index (κ3) is 3.66. The van der Waals surface area contributed by atoms with Crippen LogP contribution >= 0.6 is 0 Å². The van der Waals surface area contributed by atoms with E-state index in [0.29, 0.717) is 32.5 Å². The van der Waals surface area contributed by atoms with E-state index in [-0.39, 0.29) is 17.8 Å². The Morgan fingerprint density at radius 2 is 2.22 bits per heavy atom. The number of rotatable bonds is 5. The summed E-state index contributed by atoms with van der Waals surface area (Å²) in [5, 5.41) is 2.75. The number of ether oxygens (including phenoxy) is 1. The molecule has 2 fully saturated rings. The summed E-state index contributed by atoms with van der Waals surface area (Å²) in [6.07, 6.45) is 3.07. The first-order chi connectivity index (χ1) is 8.58. The molecule has 0 unspecified atom stereocenters. The zero-order chi connectivity index (χ0) is 13.0. The van der Waals surface area contributed by atoms with Crippen molar-refractivity contribution in [3.8, 4) is 0 Å². The standard InChI is InChI=1S/C11H20N2O4S/c14-11(9-10-3-1-7-17-10)12-4-6-13-5-2-8-18(13,15)16/h10H,1-9H2,(H,12,14)/t10-/m0/s1. The first kappa shape index (κ1) is 13.8. The molecule has 18 heavy (non-hydrogen) atoms. The molecular weight excluding hydrogens is 256 g/mol. The fraction of sp³-hybridized carbons (Fsp3) is 0.909. The Balaban J connectivity index is 1.64. The fourth-order valence-corrected chi connectivity index (χ4v) is 3.88. The van der Waals surface area contributed by atoms with Gasteiger partial charge in [0.05, 0.1) is 18.3 Å². The third-order valence-electron chi connectivity index (χ3n) is 3.32. The number of hydrogen-bond acceptors (Lipinski definition) is 4. The van der Waals surface area contributed by atoms with E-state index in [4.69, 9.17) is 4.74 Å². The van der Waals surface area contributed by atoms with Crippen molar-refractivity contribution in [3.05, 3.63) is 0 Å². The van der Waals surface area contributed by atoms with Gasteiger partial charge in [-0.1, -0.05) is 0 Å². The zero-order valence-electron chi connectivity index (χ0n) is 10.4. The van der Waals surface area contributed by atoms with Crippen molar-refractivity contribution in [2.75, 3.05) is 32.0 Å². The molecular formula is C11H20N2O4S. The highest BCUT2D eigenvalue weighted by Gasteiger charge is 2.27. The van der Waals surface area contributed by atoms with Gasteiger partial charge in [-0.25, -0.2) is 12.7 Å². The summed E-state index contributed by atoms with van der Waals surface area (Å²) in [4.78, 5) is 11.6. The predicted molar refractivity (Wildman–Crippen MR) is 66.6 cm³/mol. The van der Waals surface area contributed by atoms with Crippen molar-refractivity contribution in [2.24, 2.45) is 0 Å². The van der Waals surface area contributed by atoms with Crippen LogP contribution in [0.3, 0.4) is 0 Å². The largest absolute Gasteiger partial charge is 0.378 e. The molecule has 2 aliphatic rings. The van der Waals surface area contributed by atoms with E-state index in [9.17, 15) is 13.2 Å². The normalized spacial score (nSPS) is 27.4. The Morgan fingerprint density at radius 1 is 1.39 bits per heavy atom. The van der Waals surface area contributed by atoms with Gasteiger partial charge in [0.25, 0.3) is 0 Å². The van der Waals surface area contributed by atoms with Crippen molar-refractivity contribution in [1.29, 1.82) is 0 Å². The molecule has 0 aromatic rings. The van der Waals surface area contributed by atoms with Crippen LogP contribution in [0.5, 0.6) is 0 Å². The molecule has 1 N–H and O–H groups in total. The summed E-state index contributed by atoms with van der Waals surface area (Å²) in [6.45, 7) is 2.07. The van der Waals surface area contributed by atoms with Gasteiger partial charge in [-0.05, 0) is 19.3 Å². The molecule has 7 heteroatoms. The van der Waals surface area contributed by atoms with Crippen LogP contribution in [0.4, 0.5) is 0 Å². The number of sulfonamides is 1. The van der Waals surface area contributed by atoms with Gasteiger partial charge in [-0.3, -0.25) is 4.79 Å². The molecule has 2 heterocycles. The van der Waals surface area contributed by atoms with E-state index in [1.54, 1.807) is 0 Å². The number of nitrogens with zero attached hydrogens (tertiary/aromatic N) is 1. The minimum atomic E-state index is -3.05. The van der Waals surface area contributed by atoms with Crippen LogP contribution in [-0.2, 0) is 19.6 Å². The topological polar surface area (TPSA) is 75.7 Å². The highest BCUT2D eigenvalue weighted by atomic mass is 32.2. The van der Waals surface area contributed by atoms with Crippen LogP contribution in [0.25, 0.3) is 0 Å². The molecule has 6 nitrogen and oxygen atoms in total. The predicted octanol–water partition coefficient (Wildman–Crippen LogP) is -0.293. The molecule has 0 spiro atoms. The monoisotopic (exact) mass is 276 g/mol. The number of carbonyl (C=O) groups is 1. The van der Waals surface area contributed by atoms with Crippen LogP contribution in [0.2, 0.25) is 0 Å². The Bertz CT molecular complexity index is 390. The van der Waals surface area contributed by atoms with E-state index >= 15 is 0 Å². The maximum Gasteiger partial charge on any atom is 0.222 e. The lowest BCUT2D eigenvalue weighted by atomic mass is 10.2. The summed E-state index contributed by atoms with van der Waals surface area (Å²) in [7, 11) is -3.05. The molecule has 1 atom stereocenters. The van der Waals surface area contributed by atoms with Crippen LogP contribution in [0.1, 0.15) is 25.7 Å². The van der Waals surface area contributed by atoms with Gasteiger partial charge >= 0.3 is 0 Å². The van der Waals surface area contributed by atoms with Gasteiger partial charge < -0.3 is 10.1 Å². The van der Waals surface area contributed by atoms with Gasteiger partial charge in [0.15, 0.2) is 0 Å². The molecule has 1 amide bonds. The fourth-order valence-electron chi connectivity index (χ4n) is 2.35. The molecule has 2 aliphatic heterocycles. The lowest BCUT2D eigenvalue weighted by Crippen LogP contribution is -2.36. The molecule has 2 saturated heterocycles. The Hall–Kier alpha value is -0.660. The molecule has 104 valence electrons. The van der Waals surface area contributed by atoms with Crippen molar-refractivity contribution in [1.82, 2.24) is 9.62 Å². The van der Waals surface area contributed by atoms with Crippen LogP contribution < -0.4 is 5.32 Å². The average Bonchev–Trinajstić information content (AvgIpc) is 2.89. The number of hydrogen-bond donors (Lipinski definition) is 1. The lowest BCUT2D eigenvalue weighted by Gasteiger charge is -2.15. The van der Waals surface area contributed by atoms with Gasteiger partial charge in [0, 0.05) is 26.2 Å². The van der Waals surface area contributed by atoms with Crippen LogP contribution in [0.15, 0.2) is 0 Å². The van der Waals surface area contributed by atoms with Gasteiger partial charge in [0.2, 0.25) is 15.9 Å². The highest BCUT2D eigenvalue weighted by Crippen LogP contribution is 2.15. The SMILES string of the molecule is O=C(C[C@@H]1CCCO1)NCCN1CCCS1(=O)=O. The van der Waals surface area contributed by atoms with Crippen molar-refractivity contribution in [3.63, 3.8) is 0 Å². The Morgan fingerprint density at radius 3 is 2.83 bits per heavy atom. The molecule has 0 radical (unpaired) electrons. The minimum absolute atomic E-state index is 0.0421. The van der Waals surface area contributed by atoms with Gasteiger partial charge in [0.1, 0.15) is 0 Å². The highest BCUT2D eigenvalue weighted by molar-refractivity contribution is 7.89. The first-order valence-electron chi connectivity index (χ1n) is 6.44. The Labute approximate surface area is 108 Å². The van der Waals surface area contributed by atoms with Crippen LogP contribution in [0, 0.1) is 0 Å². The van der Waals surface area contributed by atoms with Crippen LogP contribution in [-0.4, -0.2) is 56.7 Å². The van der Waals surface area contributed by atoms with E-state index in [1.165, 1.54) is 4.31 Å². The van der Waals surface area contributed by atoms with Crippen molar-refractivity contribution in [2.45, 2.75) is 31.8 Å². The average molecular weight is 276 g/mol. The smallest absolute Gasteiger partial charge is 0.222 e. The summed E-state index contributed by atoms with van der Waals surface area (Å²) in [6, 6.07) is 0. The van der Waals surface area contributed by atoms with E-state index in [0.717, 1.165) is 19.4 Å². The van der Waals surface area contributed by atoms with Gasteiger partial charge in [-0.2, -0.15) is 0 Å². The third-order valence-corrected chi connectivity index (χ3v) is 5.28. The summed E-state index contributed by atoms with van der Waals surface area (Å²) in [5.41, 5.74) is 0. The van der Waals surface area contributed by atoms with Crippen molar-refractivity contribution < 1.29 is 17.9 Å². The van der Waals surface area contributed by atoms with Crippen molar-refractivity contribution >= 4 is 15.9 Å². The lowest BCUT2D eigenvalue weighted by molar-refractivity contribution is -0.123. The molecule has 0 saturated carbocycles. The zero-order valence-corrected chi connectivity index (χ0v) is 11.2. The molecule has 0 aliphatic carbocycles. The molecule has 0 bridgehead atoms. The second-order valence-corrected chi connectivity index (χ2v) is 6.85. The quantitative estimate of drug-likeness (QED) is 0.748. The maximum absolute atomic E-state index is 11.6.